The summed E-state index contributed by atoms with van der Waals surface area (Å²) >= 11 is 1.19. The lowest BCUT2D eigenvalue weighted by Crippen LogP contribution is -2.38. The average Bonchev–Trinajstić information content (AvgIpc) is 3.29. The first-order valence-corrected chi connectivity index (χ1v) is 8.96. The molecular formula is C17H12F4N4O2S. The Morgan fingerprint density at radius 1 is 1.29 bits per heavy atom. The summed E-state index contributed by atoms with van der Waals surface area (Å²) in [5, 5.41) is 5.91. The molecule has 0 atom stereocenters. The number of aromatic nitrogens is 2. The predicted octanol–water partition coefficient (Wildman–Crippen LogP) is 4.55. The van der Waals surface area contributed by atoms with Crippen molar-refractivity contribution in [2.75, 3.05) is 11.9 Å². The summed E-state index contributed by atoms with van der Waals surface area (Å²) in [6.07, 6.45) is -4.19. The molecule has 1 aliphatic heterocycles. The molecule has 6 nitrogen and oxygen atoms in total. The molecule has 3 aromatic rings. The molecule has 1 aromatic carbocycles. The van der Waals surface area contributed by atoms with Crippen molar-refractivity contribution in [3.8, 4) is 10.7 Å². The number of rotatable bonds is 2. The molecule has 2 amide bonds. The number of halogens is 4. The Morgan fingerprint density at radius 3 is 2.79 bits per heavy atom. The van der Waals surface area contributed by atoms with Gasteiger partial charge in [0, 0.05) is 11.4 Å². The number of alkyl halides is 3. The van der Waals surface area contributed by atoms with Crippen LogP contribution in [0, 0.1) is 5.82 Å². The third-order valence-corrected chi connectivity index (χ3v) is 5.33. The van der Waals surface area contributed by atoms with Crippen LogP contribution in [-0.4, -0.2) is 27.6 Å². The zero-order chi connectivity index (χ0) is 19.9. The van der Waals surface area contributed by atoms with Crippen LogP contribution >= 0.6 is 11.3 Å². The first-order chi connectivity index (χ1) is 13.3. The number of para-hydroxylation sites is 1. The van der Waals surface area contributed by atoms with Crippen LogP contribution in [0.25, 0.3) is 10.7 Å². The number of benzene rings is 1. The smallest absolute Gasteiger partial charge is 0.329 e. The average molecular weight is 412 g/mol. The van der Waals surface area contributed by atoms with E-state index in [1.54, 1.807) is 12.1 Å². The molecule has 0 saturated heterocycles. The molecule has 28 heavy (non-hydrogen) atoms. The molecule has 0 spiro atoms. The molecule has 4 rings (SSSR count). The monoisotopic (exact) mass is 412 g/mol. The van der Waals surface area contributed by atoms with E-state index in [1.165, 1.54) is 34.4 Å². The number of carbonyl (C=O) groups is 1. The fourth-order valence-corrected chi connectivity index (χ4v) is 3.95. The van der Waals surface area contributed by atoms with Gasteiger partial charge in [0.25, 0.3) is 0 Å². The van der Waals surface area contributed by atoms with Gasteiger partial charge in [-0.15, -0.1) is 11.3 Å². The molecule has 0 aliphatic carbocycles. The van der Waals surface area contributed by atoms with E-state index in [9.17, 15) is 22.4 Å². The Hall–Kier alpha value is -2.95. The van der Waals surface area contributed by atoms with Crippen molar-refractivity contribution >= 4 is 23.1 Å². The zero-order valence-electron chi connectivity index (χ0n) is 14.1. The third-order valence-electron chi connectivity index (χ3n) is 4.17. The fourth-order valence-electron chi connectivity index (χ4n) is 2.80. The van der Waals surface area contributed by atoms with Crippen molar-refractivity contribution in [3.05, 3.63) is 52.5 Å². The van der Waals surface area contributed by atoms with Crippen molar-refractivity contribution in [3.63, 3.8) is 0 Å². The molecular weight excluding hydrogens is 400 g/mol. The van der Waals surface area contributed by atoms with Crippen LogP contribution in [0.1, 0.15) is 16.3 Å². The third kappa shape index (κ3) is 3.57. The molecule has 146 valence electrons. The minimum atomic E-state index is -4.70. The van der Waals surface area contributed by atoms with E-state index in [1.807, 2.05) is 0 Å². The van der Waals surface area contributed by atoms with Crippen molar-refractivity contribution in [2.24, 2.45) is 0 Å². The Kier molecular flexibility index (Phi) is 4.53. The predicted molar refractivity (Wildman–Crippen MR) is 92.1 cm³/mol. The summed E-state index contributed by atoms with van der Waals surface area (Å²) in [5.74, 6) is -2.08. The van der Waals surface area contributed by atoms with Gasteiger partial charge in [-0.25, -0.2) is 9.18 Å². The SMILES string of the molecule is O=C(Nc1ccccc1F)N1CCc2cc(-c3noc(C(F)(F)F)n3)sc2C1. The van der Waals surface area contributed by atoms with E-state index in [-0.39, 0.29) is 18.1 Å². The second kappa shape index (κ2) is 6.89. The van der Waals surface area contributed by atoms with E-state index in [0.717, 1.165) is 10.4 Å². The highest BCUT2D eigenvalue weighted by atomic mass is 32.1. The minimum absolute atomic E-state index is 0.0802. The molecule has 0 bridgehead atoms. The van der Waals surface area contributed by atoms with Crippen LogP contribution in [0.4, 0.5) is 28.0 Å². The number of carbonyl (C=O) groups excluding carboxylic acids is 1. The summed E-state index contributed by atoms with van der Waals surface area (Å²) in [6.45, 7) is 0.647. The number of anilines is 1. The van der Waals surface area contributed by atoms with Crippen LogP contribution in [0.2, 0.25) is 0 Å². The number of nitrogens with one attached hydrogen (secondary N) is 1. The maximum absolute atomic E-state index is 13.7. The molecule has 0 radical (unpaired) electrons. The van der Waals surface area contributed by atoms with Gasteiger partial charge in [-0.1, -0.05) is 17.3 Å². The van der Waals surface area contributed by atoms with Crippen LogP contribution in [0.5, 0.6) is 0 Å². The lowest BCUT2D eigenvalue weighted by Gasteiger charge is -2.27. The number of urea groups is 1. The number of amides is 2. The van der Waals surface area contributed by atoms with E-state index in [4.69, 9.17) is 0 Å². The summed E-state index contributed by atoms with van der Waals surface area (Å²) in [5.41, 5.74) is 0.991. The van der Waals surface area contributed by atoms with Crippen LogP contribution in [0.3, 0.4) is 0 Å². The summed E-state index contributed by atoms with van der Waals surface area (Å²) in [4.78, 5) is 18.5. The van der Waals surface area contributed by atoms with Gasteiger partial charge in [-0.2, -0.15) is 18.2 Å². The molecule has 0 saturated carbocycles. The van der Waals surface area contributed by atoms with Gasteiger partial charge in [-0.05, 0) is 30.2 Å². The van der Waals surface area contributed by atoms with Crippen molar-refractivity contribution < 1.29 is 26.9 Å². The highest BCUT2D eigenvalue weighted by Crippen LogP contribution is 2.35. The van der Waals surface area contributed by atoms with Gasteiger partial charge in [0.2, 0.25) is 5.82 Å². The number of nitrogens with zero attached hydrogens (tertiary/aromatic N) is 3. The fraction of sp³-hybridized carbons (Fsp3) is 0.235. The molecule has 0 unspecified atom stereocenters. The van der Waals surface area contributed by atoms with Gasteiger partial charge in [0.1, 0.15) is 5.82 Å². The van der Waals surface area contributed by atoms with Crippen molar-refractivity contribution in [2.45, 2.75) is 19.1 Å². The molecule has 1 aliphatic rings. The Balaban J connectivity index is 1.49. The zero-order valence-corrected chi connectivity index (χ0v) is 14.9. The van der Waals surface area contributed by atoms with Crippen LogP contribution < -0.4 is 5.32 Å². The second-order valence-electron chi connectivity index (χ2n) is 6.06. The summed E-state index contributed by atoms with van der Waals surface area (Å²) < 4.78 is 55.8. The van der Waals surface area contributed by atoms with E-state index in [2.05, 4.69) is 20.0 Å². The number of thiophene rings is 1. The maximum Gasteiger partial charge on any atom is 0.471 e. The first-order valence-electron chi connectivity index (χ1n) is 8.14. The Morgan fingerprint density at radius 2 is 2.07 bits per heavy atom. The highest BCUT2D eigenvalue weighted by Gasteiger charge is 2.38. The number of hydrogen-bond donors (Lipinski definition) is 1. The molecule has 0 fully saturated rings. The number of fused-ring (bicyclic) bond motifs is 1. The summed E-state index contributed by atoms with van der Waals surface area (Å²) in [7, 11) is 0. The lowest BCUT2D eigenvalue weighted by atomic mass is 10.1. The standard InChI is InChI=1S/C17H12F4N4O2S/c18-10-3-1-2-4-11(10)22-16(26)25-6-5-9-7-12(28-13(9)8-25)14-23-15(27-24-14)17(19,20)21/h1-4,7H,5-6,8H2,(H,22,26). The minimum Gasteiger partial charge on any atom is -0.329 e. The van der Waals surface area contributed by atoms with E-state index < -0.39 is 23.9 Å². The van der Waals surface area contributed by atoms with Crippen LogP contribution in [-0.2, 0) is 19.1 Å². The second-order valence-corrected chi connectivity index (χ2v) is 7.20. The van der Waals surface area contributed by atoms with Crippen molar-refractivity contribution in [1.82, 2.24) is 15.0 Å². The molecule has 2 aromatic heterocycles. The first kappa shape index (κ1) is 18.4. The van der Waals surface area contributed by atoms with Crippen LogP contribution in [0.15, 0.2) is 34.9 Å². The normalized spacial score (nSPS) is 14.1. The molecule has 11 heteroatoms. The van der Waals surface area contributed by atoms with Gasteiger partial charge >= 0.3 is 18.1 Å². The van der Waals surface area contributed by atoms with Gasteiger partial charge < -0.3 is 14.7 Å². The lowest BCUT2D eigenvalue weighted by molar-refractivity contribution is -0.159. The Labute approximate surface area is 159 Å². The van der Waals surface area contributed by atoms with E-state index >= 15 is 0 Å². The van der Waals surface area contributed by atoms with Gasteiger partial charge in [-0.3, -0.25) is 0 Å². The topological polar surface area (TPSA) is 71.3 Å². The quantitative estimate of drug-likeness (QED) is 0.627. The molecule has 1 N–H and O–H groups in total. The summed E-state index contributed by atoms with van der Waals surface area (Å²) in [6, 6.07) is 7.09. The highest BCUT2D eigenvalue weighted by molar-refractivity contribution is 7.15. The Bertz CT molecular complexity index is 1030. The van der Waals surface area contributed by atoms with E-state index in [0.29, 0.717) is 17.8 Å². The van der Waals surface area contributed by atoms with Gasteiger partial charge in [0.05, 0.1) is 17.1 Å². The maximum atomic E-state index is 13.7. The van der Waals surface area contributed by atoms with Crippen molar-refractivity contribution in [1.29, 1.82) is 0 Å². The molecule has 3 heterocycles. The van der Waals surface area contributed by atoms with Gasteiger partial charge in [0.15, 0.2) is 0 Å². The largest absolute Gasteiger partial charge is 0.471 e. The number of hydrogen-bond acceptors (Lipinski definition) is 5.